The fraction of sp³-hybridized carbons (Fsp3) is 0.364. The van der Waals surface area contributed by atoms with Crippen LogP contribution in [0.5, 0.6) is 5.75 Å². The molecule has 88 valence electrons. The quantitative estimate of drug-likeness (QED) is 0.752. The van der Waals surface area contributed by atoms with Crippen LogP contribution in [0, 0.1) is 6.92 Å². The predicted molar refractivity (Wildman–Crippen MR) is 60.8 cm³/mol. The average molecular weight is 242 g/mol. The Kier molecular flexibility index (Phi) is 3.70. The molecule has 5 heteroatoms. The minimum Gasteiger partial charge on any atom is -0.492 e. The Labute approximate surface area is 95.2 Å². The van der Waals surface area contributed by atoms with Crippen molar-refractivity contribution in [2.45, 2.75) is 18.7 Å². The van der Waals surface area contributed by atoms with Gasteiger partial charge in [0, 0.05) is 17.4 Å². The first-order valence-corrected chi connectivity index (χ1v) is 6.72. The molecule has 0 saturated carbocycles. The van der Waals surface area contributed by atoms with E-state index in [1.807, 2.05) is 0 Å². The molecule has 0 aliphatic rings. The molecule has 0 spiro atoms. The van der Waals surface area contributed by atoms with Gasteiger partial charge in [-0.15, -0.1) is 0 Å². The summed E-state index contributed by atoms with van der Waals surface area (Å²) in [4.78, 5) is 10.9. The number of ether oxygens (including phenoxy) is 1. The number of carbonyl (C=O) groups is 1. The van der Waals surface area contributed by atoms with Gasteiger partial charge in [0.05, 0.1) is 6.61 Å². The third kappa shape index (κ3) is 2.41. The first-order valence-electron chi connectivity index (χ1n) is 4.83. The van der Waals surface area contributed by atoms with Crippen LogP contribution in [-0.4, -0.2) is 27.6 Å². The van der Waals surface area contributed by atoms with Gasteiger partial charge in [0.2, 0.25) is 0 Å². The van der Waals surface area contributed by atoms with Gasteiger partial charge in [0.15, 0.2) is 9.84 Å². The average Bonchev–Trinajstić information content (AvgIpc) is 2.19. The minimum absolute atomic E-state index is 0.123. The van der Waals surface area contributed by atoms with Gasteiger partial charge in [0.25, 0.3) is 0 Å². The van der Waals surface area contributed by atoms with Crippen LogP contribution in [0.25, 0.3) is 0 Å². The third-order valence-corrected chi connectivity index (χ3v) is 3.35. The summed E-state index contributed by atoms with van der Waals surface area (Å²) >= 11 is 0. The van der Waals surface area contributed by atoms with E-state index in [1.165, 1.54) is 12.1 Å². The van der Waals surface area contributed by atoms with Crippen LogP contribution in [0.1, 0.15) is 22.8 Å². The zero-order valence-electron chi connectivity index (χ0n) is 9.48. The highest BCUT2D eigenvalue weighted by atomic mass is 32.2. The van der Waals surface area contributed by atoms with Crippen LogP contribution >= 0.6 is 0 Å². The van der Waals surface area contributed by atoms with E-state index in [1.54, 1.807) is 13.8 Å². The number of benzene rings is 1. The molecule has 4 nitrogen and oxygen atoms in total. The summed E-state index contributed by atoms with van der Waals surface area (Å²) in [7, 11) is -3.34. The molecule has 0 atom stereocenters. The number of rotatable bonds is 4. The van der Waals surface area contributed by atoms with Crippen LogP contribution in [0.2, 0.25) is 0 Å². The van der Waals surface area contributed by atoms with Crippen LogP contribution in [-0.2, 0) is 9.84 Å². The van der Waals surface area contributed by atoms with Gasteiger partial charge in [0.1, 0.15) is 16.9 Å². The number of carbonyl (C=O) groups excluding carboxylic acids is 1. The molecular formula is C11H14O4S. The predicted octanol–water partition coefficient (Wildman–Crippen LogP) is 1.61. The van der Waals surface area contributed by atoms with Gasteiger partial charge < -0.3 is 4.74 Å². The second kappa shape index (κ2) is 4.65. The molecule has 0 radical (unpaired) electrons. The molecule has 16 heavy (non-hydrogen) atoms. The number of hydrogen-bond acceptors (Lipinski definition) is 4. The SMILES string of the molecule is CCOc1c(S(C)(=O)=O)ccc(C=O)c1C. The van der Waals surface area contributed by atoms with E-state index >= 15 is 0 Å². The smallest absolute Gasteiger partial charge is 0.179 e. The van der Waals surface area contributed by atoms with E-state index in [0.29, 0.717) is 24.0 Å². The Morgan fingerprint density at radius 1 is 1.38 bits per heavy atom. The number of hydrogen-bond donors (Lipinski definition) is 0. The maximum atomic E-state index is 11.5. The van der Waals surface area contributed by atoms with Gasteiger partial charge in [-0.05, 0) is 26.0 Å². The molecule has 1 aromatic rings. The van der Waals surface area contributed by atoms with Crippen molar-refractivity contribution in [2.75, 3.05) is 12.9 Å². The van der Waals surface area contributed by atoms with Gasteiger partial charge in [-0.3, -0.25) is 4.79 Å². The Morgan fingerprint density at radius 2 is 2.00 bits per heavy atom. The molecule has 0 aliphatic heterocycles. The molecule has 0 aromatic heterocycles. The van der Waals surface area contributed by atoms with Crippen molar-refractivity contribution < 1.29 is 17.9 Å². The van der Waals surface area contributed by atoms with Gasteiger partial charge in [-0.1, -0.05) is 0 Å². The molecular weight excluding hydrogens is 228 g/mol. The lowest BCUT2D eigenvalue weighted by molar-refractivity contribution is 0.112. The summed E-state index contributed by atoms with van der Waals surface area (Å²) in [6.07, 6.45) is 1.80. The topological polar surface area (TPSA) is 60.4 Å². The fourth-order valence-corrected chi connectivity index (χ4v) is 2.29. The summed E-state index contributed by atoms with van der Waals surface area (Å²) in [5.41, 5.74) is 0.996. The zero-order valence-corrected chi connectivity index (χ0v) is 10.3. The molecule has 0 bridgehead atoms. The van der Waals surface area contributed by atoms with Crippen molar-refractivity contribution >= 4 is 16.1 Å². The second-order valence-electron chi connectivity index (χ2n) is 3.43. The molecule has 0 amide bonds. The second-order valence-corrected chi connectivity index (χ2v) is 5.41. The summed E-state index contributed by atoms with van der Waals surface area (Å²) in [6, 6.07) is 2.89. The Morgan fingerprint density at radius 3 is 2.44 bits per heavy atom. The van der Waals surface area contributed by atoms with E-state index < -0.39 is 9.84 Å². The normalized spacial score (nSPS) is 11.2. The molecule has 0 aliphatic carbocycles. The largest absolute Gasteiger partial charge is 0.492 e. The molecule has 1 aromatic carbocycles. The molecule has 0 heterocycles. The van der Waals surface area contributed by atoms with E-state index in [4.69, 9.17) is 4.74 Å². The minimum atomic E-state index is -3.34. The van der Waals surface area contributed by atoms with Gasteiger partial charge in [-0.25, -0.2) is 8.42 Å². The van der Waals surface area contributed by atoms with Crippen LogP contribution in [0.4, 0.5) is 0 Å². The van der Waals surface area contributed by atoms with Crippen molar-refractivity contribution in [3.63, 3.8) is 0 Å². The molecule has 1 rings (SSSR count). The molecule has 0 saturated heterocycles. The maximum absolute atomic E-state index is 11.5. The highest BCUT2D eigenvalue weighted by Crippen LogP contribution is 2.29. The monoisotopic (exact) mass is 242 g/mol. The summed E-state index contributed by atoms with van der Waals surface area (Å²) in [5.74, 6) is 0.273. The first kappa shape index (κ1) is 12.7. The van der Waals surface area contributed by atoms with E-state index in [0.717, 1.165) is 6.26 Å². The first-order chi connectivity index (χ1) is 7.41. The molecule has 0 unspecified atom stereocenters. The van der Waals surface area contributed by atoms with Crippen LogP contribution < -0.4 is 4.74 Å². The Hall–Kier alpha value is -1.36. The van der Waals surface area contributed by atoms with Crippen molar-refractivity contribution in [1.29, 1.82) is 0 Å². The standard InChI is InChI=1S/C11H14O4S/c1-4-15-11-8(2)9(7-12)5-6-10(11)16(3,13)14/h5-7H,4H2,1-3H3. The highest BCUT2D eigenvalue weighted by Gasteiger charge is 2.18. The van der Waals surface area contributed by atoms with Crippen molar-refractivity contribution in [3.05, 3.63) is 23.3 Å². The van der Waals surface area contributed by atoms with Gasteiger partial charge in [-0.2, -0.15) is 0 Å². The lowest BCUT2D eigenvalue weighted by atomic mass is 10.1. The lowest BCUT2D eigenvalue weighted by Gasteiger charge is -2.13. The summed E-state index contributed by atoms with van der Waals surface area (Å²) in [6.45, 7) is 3.79. The Balaban J connectivity index is 3.52. The van der Waals surface area contributed by atoms with E-state index in [-0.39, 0.29) is 10.6 Å². The Bertz CT molecular complexity index is 503. The van der Waals surface area contributed by atoms with Crippen molar-refractivity contribution in [3.8, 4) is 5.75 Å². The summed E-state index contributed by atoms with van der Waals surface area (Å²) in [5, 5.41) is 0. The van der Waals surface area contributed by atoms with E-state index in [2.05, 4.69) is 0 Å². The maximum Gasteiger partial charge on any atom is 0.179 e. The van der Waals surface area contributed by atoms with Crippen molar-refractivity contribution in [2.24, 2.45) is 0 Å². The lowest BCUT2D eigenvalue weighted by Crippen LogP contribution is -2.06. The number of sulfone groups is 1. The van der Waals surface area contributed by atoms with Crippen LogP contribution in [0.3, 0.4) is 0 Å². The van der Waals surface area contributed by atoms with Crippen LogP contribution in [0.15, 0.2) is 17.0 Å². The third-order valence-electron chi connectivity index (χ3n) is 2.23. The molecule has 0 fully saturated rings. The zero-order chi connectivity index (χ0) is 12.3. The number of aldehydes is 1. The molecule has 0 N–H and O–H groups in total. The van der Waals surface area contributed by atoms with Gasteiger partial charge >= 0.3 is 0 Å². The highest BCUT2D eigenvalue weighted by molar-refractivity contribution is 7.90. The fourth-order valence-electron chi connectivity index (χ4n) is 1.43. The summed E-state index contributed by atoms with van der Waals surface area (Å²) < 4.78 is 28.3. The van der Waals surface area contributed by atoms with E-state index in [9.17, 15) is 13.2 Å². The van der Waals surface area contributed by atoms with Crippen molar-refractivity contribution in [1.82, 2.24) is 0 Å².